The number of ether oxygens (including phenoxy) is 2. The summed E-state index contributed by atoms with van der Waals surface area (Å²) in [6.45, 7) is 4.80. The Morgan fingerprint density at radius 1 is 1.11 bits per heavy atom. The standard InChI is InChI=1S/C27H26F3N5O3/c1-3-37-24-20(6-5-13-32-24)21-8-10-23(34-33-21)26(25(36)38-4-2)11-14-35(15-12-26)22-9-7-19(27(28,29)30)16-18(22)17-31/h5-10,13,16H,3-4,11-12,14-15H2,1-2H3. The highest BCUT2D eigenvalue weighted by atomic mass is 19.4. The molecule has 1 aliphatic rings. The first kappa shape index (κ1) is 26.9. The van der Waals surface area contributed by atoms with Gasteiger partial charge in [-0.2, -0.15) is 28.6 Å². The molecule has 0 spiro atoms. The summed E-state index contributed by atoms with van der Waals surface area (Å²) in [5, 5.41) is 18.2. The van der Waals surface area contributed by atoms with Crippen LogP contribution in [0.15, 0.2) is 48.7 Å². The number of alkyl halides is 3. The Morgan fingerprint density at radius 2 is 1.87 bits per heavy atom. The quantitative estimate of drug-likeness (QED) is 0.401. The van der Waals surface area contributed by atoms with Gasteiger partial charge in [0.25, 0.3) is 0 Å². The highest BCUT2D eigenvalue weighted by Gasteiger charge is 2.46. The first-order valence-electron chi connectivity index (χ1n) is 12.2. The zero-order valence-corrected chi connectivity index (χ0v) is 21.0. The van der Waals surface area contributed by atoms with Crippen LogP contribution in [-0.2, 0) is 21.1 Å². The smallest absolute Gasteiger partial charge is 0.416 e. The predicted molar refractivity (Wildman–Crippen MR) is 132 cm³/mol. The number of hydrogen-bond donors (Lipinski definition) is 0. The summed E-state index contributed by atoms with van der Waals surface area (Å²) in [6.07, 6.45) is -2.37. The Hall–Kier alpha value is -4.20. The van der Waals surface area contributed by atoms with Gasteiger partial charge in [0.2, 0.25) is 5.88 Å². The maximum atomic E-state index is 13.2. The summed E-state index contributed by atoms with van der Waals surface area (Å²) >= 11 is 0. The molecule has 1 aromatic carbocycles. The van der Waals surface area contributed by atoms with Crippen molar-refractivity contribution in [1.29, 1.82) is 5.26 Å². The van der Waals surface area contributed by atoms with E-state index >= 15 is 0 Å². The van der Waals surface area contributed by atoms with Crippen molar-refractivity contribution in [2.24, 2.45) is 0 Å². The Bertz CT molecular complexity index is 1330. The SMILES string of the molecule is CCOC(=O)C1(c2ccc(-c3cccnc3OCC)nn2)CCN(c2ccc(C(F)(F)F)cc2C#N)CC1. The summed E-state index contributed by atoms with van der Waals surface area (Å²) in [5.41, 5.74) is -0.0196. The molecule has 3 aromatic rings. The van der Waals surface area contributed by atoms with Crippen molar-refractivity contribution in [3.05, 3.63) is 65.5 Å². The fourth-order valence-electron chi connectivity index (χ4n) is 4.61. The predicted octanol–water partition coefficient (Wildman–Crippen LogP) is 4.93. The number of halogens is 3. The number of carbonyl (C=O) groups excluding carboxylic acids is 1. The first-order valence-corrected chi connectivity index (χ1v) is 12.2. The van der Waals surface area contributed by atoms with E-state index < -0.39 is 23.1 Å². The van der Waals surface area contributed by atoms with Gasteiger partial charge < -0.3 is 14.4 Å². The maximum Gasteiger partial charge on any atom is 0.416 e. The minimum atomic E-state index is -4.55. The van der Waals surface area contributed by atoms with Crippen LogP contribution in [0.2, 0.25) is 0 Å². The number of carbonyl (C=O) groups is 1. The summed E-state index contributed by atoms with van der Waals surface area (Å²) in [5.74, 6) is -0.0127. The number of nitrogens with zero attached hydrogens (tertiary/aromatic N) is 5. The van der Waals surface area contributed by atoms with E-state index in [0.717, 1.165) is 12.1 Å². The van der Waals surface area contributed by atoms with Crippen LogP contribution in [0.25, 0.3) is 11.3 Å². The zero-order valence-electron chi connectivity index (χ0n) is 21.0. The second-order valence-electron chi connectivity index (χ2n) is 8.72. The highest BCUT2D eigenvalue weighted by molar-refractivity contribution is 5.83. The van der Waals surface area contributed by atoms with Crippen molar-refractivity contribution in [2.45, 2.75) is 38.3 Å². The molecule has 1 aliphatic heterocycles. The van der Waals surface area contributed by atoms with Gasteiger partial charge in [-0.3, -0.25) is 4.79 Å². The van der Waals surface area contributed by atoms with Crippen LogP contribution in [-0.4, -0.2) is 47.5 Å². The summed E-state index contributed by atoms with van der Waals surface area (Å²) in [7, 11) is 0. The molecule has 11 heteroatoms. The van der Waals surface area contributed by atoms with Gasteiger partial charge in [-0.15, -0.1) is 0 Å². The molecule has 0 amide bonds. The Kier molecular flexibility index (Phi) is 7.80. The van der Waals surface area contributed by atoms with Crippen molar-refractivity contribution in [1.82, 2.24) is 15.2 Å². The number of hydrogen-bond acceptors (Lipinski definition) is 8. The van der Waals surface area contributed by atoms with Gasteiger partial charge in [-0.25, -0.2) is 4.98 Å². The largest absolute Gasteiger partial charge is 0.477 e. The molecule has 0 unspecified atom stereocenters. The molecule has 0 saturated carbocycles. The van der Waals surface area contributed by atoms with Gasteiger partial charge >= 0.3 is 12.1 Å². The fourth-order valence-corrected chi connectivity index (χ4v) is 4.61. The average molecular weight is 526 g/mol. The first-order chi connectivity index (χ1) is 18.2. The van der Waals surface area contributed by atoms with Crippen LogP contribution >= 0.6 is 0 Å². The van der Waals surface area contributed by atoms with E-state index in [9.17, 15) is 23.2 Å². The lowest BCUT2D eigenvalue weighted by atomic mass is 9.75. The lowest BCUT2D eigenvalue weighted by molar-refractivity contribution is -0.151. The Balaban J connectivity index is 1.62. The van der Waals surface area contributed by atoms with E-state index in [1.54, 1.807) is 31.3 Å². The number of aromatic nitrogens is 3. The van der Waals surface area contributed by atoms with Crippen molar-refractivity contribution >= 4 is 11.7 Å². The van der Waals surface area contributed by atoms with Gasteiger partial charge in [0.05, 0.1) is 47.0 Å². The third-order valence-electron chi connectivity index (χ3n) is 6.55. The van der Waals surface area contributed by atoms with Crippen LogP contribution in [0, 0.1) is 11.3 Å². The van der Waals surface area contributed by atoms with Crippen molar-refractivity contribution in [3.63, 3.8) is 0 Å². The highest BCUT2D eigenvalue weighted by Crippen LogP contribution is 2.39. The number of nitriles is 1. The molecule has 0 bridgehead atoms. The maximum absolute atomic E-state index is 13.2. The number of anilines is 1. The second-order valence-corrected chi connectivity index (χ2v) is 8.72. The number of piperidine rings is 1. The topological polar surface area (TPSA) is 101 Å². The van der Waals surface area contributed by atoms with Gasteiger partial charge in [0.15, 0.2) is 0 Å². The third-order valence-corrected chi connectivity index (χ3v) is 6.55. The van der Waals surface area contributed by atoms with E-state index in [-0.39, 0.29) is 25.0 Å². The lowest BCUT2D eigenvalue weighted by Gasteiger charge is -2.40. The molecule has 8 nitrogen and oxygen atoms in total. The number of esters is 1. The van der Waals surface area contributed by atoms with Crippen LogP contribution in [0.1, 0.15) is 43.5 Å². The molecule has 0 atom stereocenters. The van der Waals surface area contributed by atoms with Crippen molar-refractivity contribution < 1.29 is 27.4 Å². The zero-order chi connectivity index (χ0) is 27.3. The lowest BCUT2D eigenvalue weighted by Crippen LogP contribution is -2.49. The van der Waals surface area contributed by atoms with Gasteiger partial charge in [-0.05, 0) is 69.2 Å². The normalized spacial score (nSPS) is 15.0. The Morgan fingerprint density at radius 3 is 2.47 bits per heavy atom. The van der Waals surface area contributed by atoms with Crippen LogP contribution in [0.5, 0.6) is 5.88 Å². The molecular formula is C27H26F3N5O3. The van der Waals surface area contributed by atoms with Crippen LogP contribution < -0.4 is 9.64 Å². The van der Waals surface area contributed by atoms with Gasteiger partial charge in [0.1, 0.15) is 11.5 Å². The van der Waals surface area contributed by atoms with Gasteiger partial charge in [0, 0.05) is 19.3 Å². The minimum Gasteiger partial charge on any atom is -0.477 e. The van der Waals surface area contributed by atoms with E-state index in [1.807, 2.05) is 24.0 Å². The van der Waals surface area contributed by atoms with Crippen LogP contribution in [0.4, 0.5) is 18.9 Å². The molecule has 0 N–H and O–H groups in total. The number of pyridine rings is 1. The second kappa shape index (κ2) is 11.0. The fraction of sp³-hybridized carbons (Fsp3) is 0.370. The van der Waals surface area contributed by atoms with Crippen molar-refractivity contribution in [3.8, 4) is 23.2 Å². The summed E-state index contributed by atoms with van der Waals surface area (Å²) in [4.78, 5) is 19.3. The van der Waals surface area contributed by atoms with E-state index in [1.165, 1.54) is 6.07 Å². The molecule has 2 aromatic heterocycles. The molecule has 3 heterocycles. The summed E-state index contributed by atoms with van der Waals surface area (Å²) in [6, 6.07) is 12.0. The molecule has 198 valence electrons. The van der Waals surface area contributed by atoms with E-state index in [4.69, 9.17) is 9.47 Å². The van der Waals surface area contributed by atoms with Gasteiger partial charge in [-0.1, -0.05) is 0 Å². The van der Waals surface area contributed by atoms with E-state index in [0.29, 0.717) is 48.2 Å². The molecule has 0 radical (unpaired) electrons. The molecule has 4 rings (SSSR count). The average Bonchev–Trinajstić information content (AvgIpc) is 2.93. The summed E-state index contributed by atoms with van der Waals surface area (Å²) < 4.78 is 50.4. The Labute approximate surface area is 218 Å². The third kappa shape index (κ3) is 5.25. The van der Waals surface area contributed by atoms with Crippen LogP contribution in [0.3, 0.4) is 0 Å². The molecule has 38 heavy (non-hydrogen) atoms. The molecule has 1 saturated heterocycles. The molecule has 1 fully saturated rings. The van der Waals surface area contributed by atoms with Crippen molar-refractivity contribution in [2.75, 3.05) is 31.2 Å². The molecule has 0 aliphatic carbocycles. The van der Waals surface area contributed by atoms with E-state index in [2.05, 4.69) is 15.2 Å². The minimum absolute atomic E-state index is 0.0748. The molecular weight excluding hydrogens is 499 g/mol. The monoisotopic (exact) mass is 525 g/mol. The number of rotatable bonds is 7. The number of benzene rings is 1.